The summed E-state index contributed by atoms with van der Waals surface area (Å²) in [4.78, 5) is 195. The Morgan fingerprint density at radius 3 is 1.88 bits per heavy atom. The predicted molar refractivity (Wildman–Crippen MR) is 435 cm³/mol. The van der Waals surface area contributed by atoms with E-state index in [1.807, 2.05) is 45.9 Å². The number of hydrogen-bond donors (Lipinski definition) is 9. The SMILES string of the molecule is CC[C@H](C)[C@@H]([C@@H](CC(=O)N1CCC[C@H]1[C@H](OC)[C@@H](C)C(=O)N[C@H](C)[C@@H](O)c1ccccc1)OC)N(C)C(=O)[C@@H](CC(=O)[C@H](C(C)C)N(C)C(=O)OCc1ccc(NC(=O)[C@H](CCCNC(N)=O)CC(=O)[C@@H](NC(=O)CCC(=O)N(CCCC(=O)C2SCSC2C(=O)O)CCNC(=O)C2SCSC2C(=O)O)C(C)C)cc1)C(C)C. The highest BCUT2D eigenvalue weighted by Crippen LogP contribution is 2.39. The van der Waals surface area contributed by atoms with Crippen molar-refractivity contribution >= 4 is 135 Å². The van der Waals surface area contributed by atoms with Gasteiger partial charge in [-0.15, -0.1) is 47.0 Å². The molecule has 16 atom stereocenters. The molecule has 34 heteroatoms. The number of nitrogens with one attached hydrogen (secondary N) is 5. The lowest BCUT2D eigenvalue weighted by molar-refractivity contribution is -0.149. The molecule has 2 aromatic rings. The van der Waals surface area contributed by atoms with Crippen molar-refractivity contribution in [2.24, 2.45) is 47.2 Å². The zero-order chi connectivity index (χ0) is 84.1. The van der Waals surface area contributed by atoms with Crippen molar-refractivity contribution in [3.05, 3.63) is 65.7 Å². The standard InChI is InChI=1S/C79H120N10O20S4/c1-15-47(8)65(59(107-13)40-62(95)89-36-20-25-55(89)67(108-14)48(9)72(97)83-49(10)66(96)51-22-17-16-18-23-51)86(11)75(100)54(44(2)3)39-58(92)64(46(6)7)87(12)79(106)109-41-50-27-29-53(30-28-50)84-73(98)52(24-19-33-82-78(80)105)38-57(91)63(45(4)5)85-60(93)31-32-61(94)88(35-21-26-56(90)68-70(76(101)102)112-42-110-68)37-34-81-74(99)69-71(77(103)104)113-43-111-69/h16-18,22-23,27-30,44-49,52,54-55,59,63-71,96H,15,19-21,24-26,31-43H2,1-14H3,(H,81,99)(H,83,97)(H,84,98)(H,85,93)(H,101,102)(H,103,104)(H3,80,82,105)/t47-,48+,49+,52+,54-,55-,59+,63-,64-,65-,66+,67+,68?,69?,70?,71?/m0/s1. The first-order valence-corrected chi connectivity index (χ1v) is 43.0. The van der Waals surface area contributed by atoms with E-state index in [0.29, 0.717) is 52.8 Å². The number of anilines is 1. The molecule has 30 nitrogen and oxygen atoms in total. The normalized spacial score (nSPS) is 19.7. The number of likely N-dealkylation sites (N-methyl/N-ethyl adjacent to an activating group) is 2. The minimum atomic E-state index is -1.13. The van der Waals surface area contributed by atoms with Gasteiger partial charge in [0.2, 0.25) is 41.4 Å². The average Bonchev–Trinajstić information content (AvgIpc) is 1.78. The maximum Gasteiger partial charge on any atom is 0.410 e. The monoisotopic (exact) mass is 1660 g/mol. The molecular weight excluding hydrogens is 1540 g/mol. The minimum Gasteiger partial charge on any atom is -0.480 e. The molecule has 0 aromatic heterocycles. The molecule has 630 valence electrons. The number of rotatable bonds is 48. The van der Waals surface area contributed by atoms with Gasteiger partial charge in [-0.25, -0.2) is 9.59 Å². The molecule has 4 unspecified atom stereocenters. The van der Waals surface area contributed by atoms with Crippen LogP contribution in [-0.2, 0) is 78.4 Å². The van der Waals surface area contributed by atoms with Gasteiger partial charge in [0, 0.05) is 121 Å². The van der Waals surface area contributed by atoms with Crippen molar-refractivity contribution in [3.8, 4) is 0 Å². The number of benzene rings is 2. The largest absolute Gasteiger partial charge is 0.480 e. The number of nitrogens with two attached hydrogens (primary N) is 1. The summed E-state index contributed by atoms with van der Waals surface area (Å²) in [6, 6.07) is 10.8. The van der Waals surface area contributed by atoms with Gasteiger partial charge >= 0.3 is 24.1 Å². The van der Waals surface area contributed by atoms with Gasteiger partial charge in [-0.2, -0.15) is 0 Å². The van der Waals surface area contributed by atoms with Gasteiger partial charge in [0.1, 0.15) is 28.1 Å². The number of thioether (sulfide) groups is 4. The minimum absolute atomic E-state index is 0.0131. The summed E-state index contributed by atoms with van der Waals surface area (Å²) in [5.41, 5.74) is 6.79. The van der Waals surface area contributed by atoms with E-state index in [9.17, 15) is 82.4 Å². The molecule has 3 heterocycles. The second-order valence-corrected chi connectivity index (χ2v) is 35.6. The first-order chi connectivity index (χ1) is 53.5. The molecule has 113 heavy (non-hydrogen) atoms. The van der Waals surface area contributed by atoms with E-state index in [1.165, 1.54) is 54.6 Å². The van der Waals surface area contributed by atoms with E-state index in [4.69, 9.17) is 19.9 Å². The lowest BCUT2D eigenvalue weighted by Gasteiger charge is -2.41. The smallest absolute Gasteiger partial charge is 0.410 e. The van der Waals surface area contributed by atoms with E-state index in [-0.39, 0.29) is 132 Å². The number of hydrogen-bond acceptors (Lipinski definition) is 22. The number of urea groups is 1. The van der Waals surface area contributed by atoms with E-state index >= 15 is 0 Å². The number of primary amides is 1. The predicted octanol–water partition coefficient (Wildman–Crippen LogP) is 7.37. The van der Waals surface area contributed by atoms with Crippen LogP contribution in [0.1, 0.15) is 164 Å². The summed E-state index contributed by atoms with van der Waals surface area (Å²) < 4.78 is 17.9. The molecule has 2 aromatic carbocycles. The molecule has 10 N–H and O–H groups in total. The maximum atomic E-state index is 15.0. The van der Waals surface area contributed by atoms with Crippen LogP contribution in [0.15, 0.2) is 54.6 Å². The number of carbonyl (C=O) groups excluding carboxylic acids is 12. The van der Waals surface area contributed by atoms with Crippen molar-refractivity contribution < 1.29 is 96.7 Å². The Balaban J connectivity index is 1.19. The number of ketones is 3. The molecule has 0 spiro atoms. The number of aliphatic carboxylic acids is 2. The van der Waals surface area contributed by atoms with Crippen LogP contribution >= 0.6 is 47.0 Å². The van der Waals surface area contributed by atoms with Crippen LogP contribution in [0.4, 0.5) is 15.3 Å². The quantitative estimate of drug-likeness (QED) is 0.0292. The fourth-order valence-electron chi connectivity index (χ4n) is 14.7. The number of ether oxygens (including phenoxy) is 3. The van der Waals surface area contributed by atoms with Gasteiger partial charge in [-0.05, 0) is 86.0 Å². The van der Waals surface area contributed by atoms with Crippen LogP contribution in [-0.4, -0.2) is 252 Å². The van der Waals surface area contributed by atoms with Crippen LogP contribution in [0.3, 0.4) is 0 Å². The Labute approximate surface area is 681 Å². The second-order valence-electron chi connectivity index (χ2n) is 30.4. The molecule has 3 aliphatic rings. The lowest BCUT2D eigenvalue weighted by atomic mass is 9.83. The number of carboxylic acids is 2. The third-order valence-corrected chi connectivity index (χ3v) is 27.2. The molecule has 0 saturated carbocycles. The van der Waals surface area contributed by atoms with Gasteiger partial charge in [0.15, 0.2) is 11.6 Å². The number of carbonyl (C=O) groups is 14. The molecule has 10 amide bonds. The number of aliphatic hydroxyl groups is 1. The highest BCUT2D eigenvalue weighted by atomic mass is 32.2. The Bertz CT molecular complexity index is 3500. The van der Waals surface area contributed by atoms with Crippen molar-refractivity contribution in [3.63, 3.8) is 0 Å². The van der Waals surface area contributed by atoms with Crippen LogP contribution in [0, 0.1) is 41.4 Å². The number of aliphatic hydroxyl groups excluding tert-OH is 1. The van der Waals surface area contributed by atoms with Crippen LogP contribution in [0.2, 0.25) is 0 Å². The zero-order valence-electron chi connectivity index (χ0n) is 67.6. The summed E-state index contributed by atoms with van der Waals surface area (Å²) in [5.74, 6) is -10.5. The zero-order valence-corrected chi connectivity index (χ0v) is 70.9. The number of amides is 10. The topological polar surface area (TPSA) is 426 Å². The summed E-state index contributed by atoms with van der Waals surface area (Å²) in [7, 11) is 6.13. The third kappa shape index (κ3) is 28.7. The van der Waals surface area contributed by atoms with Crippen molar-refractivity contribution in [2.75, 3.05) is 76.5 Å². The highest BCUT2D eigenvalue weighted by Gasteiger charge is 2.46. The van der Waals surface area contributed by atoms with Crippen LogP contribution in [0.5, 0.6) is 0 Å². The molecule has 0 bridgehead atoms. The molecule has 0 radical (unpaired) electrons. The summed E-state index contributed by atoms with van der Waals surface area (Å²) in [6.45, 7) is 18.2. The molecule has 3 fully saturated rings. The number of likely N-dealkylation sites (tertiary alicyclic amines) is 1. The van der Waals surface area contributed by atoms with E-state index < -0.39 is 153 Å². The number of carboxylic acid groups (broad SMARTS) is 2. The van der Waals surface area contributed by atoms with E-state index in [1.54, 1.807) is 94.8 Å². The number of nitrogens with zero attached hydrogens (tertiary/aromatic N) is 4. The van der Waals surface area contributed by atoms with Gasteiger partial charge in [0.25, 0.3) is 0 Å². The Hall–Kier alpha value is -7.50. The number of methoxy groups -OCH3 is 2. The number of Topliss-reactive ketones (excluding diaryl/α,β-unsaturated/α-hetero) is 3. The van der Waals surface area contributed by atoms with Crippen LogP contribution in [0.25, 0.3) is 0 Å². The summed E-state index contributed by atoms with van der Waals surface area (Å²) in [5, 5.41) is 41.3. The second kappa shape index (κ2) is 47.5. The molecular formula is C79H120N10O20S4. The van der Waals surface area contributed by atoms with Gasteiger partial charge in [-0.1, -0.05) is 111 Å². The fourth-order valence-corrected chi connectivity index (χ4v) is 20.6. The molecule has 5 rings (SSSR count). The highest BCUT2D eigenvalue weighted by molar-refractivity contribution is 8.21. The fraction of sp³-hybridized carbons (Fsp3) is 0.671. The Kier molecular flexibility index (Phi) is 40.4. The first-order valence-electron chi connectivity index (χ1n) is 38.8. The van der Waals surface area contributed by atoms with E-state index in [2.05, 4.69) is 26.6 Å². The van der Waals surface area contributed by atoms with Gasteiger partial charge in [0.05, 0.1) is 66.1 Å². The molecule has 3 aliphatic heterocycles. The van der Waals surface area contributed by atoms with Gasteiger partial charge < -0.3 is 81.4 Å². The van der Waals surface area contributed by atoms with Crippen molar-refractivity contribution in [2.45, 2.75) is 222 Å². The first kappa shape index (κ1) is 96.1. The van der Waals surface area contributed by atoms with Crippen LogP contribution < -0.4 is 32.3 Å². The van der Waals surface area contributed by atoms with E-state index in [0.717, 1.165) is 23.5 Å². The lowest BCUT2D eigenvalue weighted by Crippen LogP contribution is -2.55. The summed E-state index contributed by atoms with van der Waals surface area (Å²) >= 11 is 4.72. The maximum absolute atomic E-state index is 15.0. The molecule has 0 aliphatic carbocycles. The Morgan fingerprint density at radius 2 is 1.29 bits per heavy atom. The molecule has 3 saturated heterocycles. The van der Waals surface area contributed by atoms with Crippen molar-refractivity contribution in [1.29, 1.82) is 0 Å². The Morgan fingerprint density at radius 1 is 0.664 bits per heavy atom. The third-order valence-electron chi connectivity index (χ3n) is 21.3. The van der Waals surface area contributed by atoms with Gasteiger partial charge in [-0.3, -0.25) is 57.5 Å². The van der Waals surface area contributed by atoms with Crippen molar-refractivity contribution in [1.82, 2.24) is 40.9 Å². The summed E-state index contributed by atoms with van der Waals surface area (Å²) in [6.07, 6.45) is -2.29. The average molecular weight is 1660 g/mol.